The summed E-state index contributed by atoms with van der Waals surface area (Å²) in [6.07, 6.45) is 0. The Bertz CT molecular complexity index is 1280. The van der Waals surface area contributed by atoms with E-state index in [-0.39, 0.29) is 17.4 Å². The van der Waals surface area contributed by atoms with Crippen molar-refractivity contribution < 1.29 is 14.6 Å². The molecule has 4 aromatic carbocycles. The number of benzene rings is 4. The number of rotatable bonds is 3. The molecule has 0 saturated heterocycles. The summed E-state index contributed by atoms with van der Waals surface area (Å²) in [7, 11) is 0. The van der Waals surface area contributed by atoms with Crippen molar-refractivity contribution in [2.24, 2.45) is 0 Å². The van der Waals surface area contributed by atoms with E-state index in [9.17, 15) is 10.2 Å². The molecule has 0 aliphatic carbocycles. The minimum Gasteiger partial charge on any atom is -0.508 e. The van der Waals surface area contributed by atoms with Gasteiger partial charge in [-0.15, -0.1) is 0 Å². The lowest BCUT2D eigenvalue weighted by molar-refractivity contribution is 0.473. The molecule has 0 radical (unpaired) electrons. The fourth-order valence-corrected chi connectivity index (χ4v) is 3.68. The molecule has 1 unspecified atom stereocenters. The molecule has 0 aliphatic rings. The zero-order chi connectivity index (χ0) is 20.0. The van der Waals surface area contributed by atoms with E-state index in [2.05, 4.69) is 11.9 Å². The van der Waals surface area contributed by atoms with Crippen LogP contribution >= 0.6 is 0 Å². The predicted octanol–water partition coefficient (Wildman–Crippen LogP) is 6.21. The minimum absolute atomic E-state index is 0.0851. The highest BCUT2D eigenvalue weighted by Gasteiger charge is 2.16. The summed E-state index contributed by atoms with van der Waals surface area (Å²) in [6.45, 7) is 2.08. The van der Waals surface area contributed by atoms with Crippen LogP contribution in [0.5, 0.6) is 11.5 Å². The molecule has 5 rings (SSSR count). The first-order valence-electron chi connectivity index (χ1n) is 9.50. The number of hydrogen-bond donors (Lipinski definition) is 2. The van der Waals surface area contributed by atoms with Gasteiger partial charge in [0.2, 0.25) is 5.89 Å². The highest BCUT2D eigenvalue weighted by Crippen LogP contribution is 2.36. The van der Waals surface area contributed by atoms with E-state index >= 15 is 0 Å². The average Bonchev–Trinajstić information content (AvgIpc) is 3.15. The maximum atomic E-state index is 10.5. The lowest BCUT2D eigenvalue weighted by Crippen LogP contribution is -1.96. The standard InChI is InChI=1S/C25H19NO3/c1-15(16-6-9-20(27)10-7-16)17-8-11-23(28)21(12-17)25-26-22-13-18-4-2-3-5-19(18)14-24(22)29-25/h2-15,27-28H,1H3. The SMILES string of the molecule is CC(c1ccc(O)cc1)c1ccc(O)c(-c2nc3cc4ccccc4cc3o2)c1. The fourth-order valence-electron chi connectivity index (χ4n) is 3.68. The number of nitrogens with zero attached hydrogens (tertiary/aromatic N) is 1. The van der Waals surface area contributed by atoms with Crippen molar-refractivity contribution in [3.8, 4) is 23.0 Å². The molecule has 5 aromatic rings. The normalized spacial score (nSPS) is 12.4. The Hall–Kier alpha value is -3.79. The summed E-state index contributed by atoms with van der Waals surface area (Å²) in [5.41, 5.74) is 4.11. The molecular weight excluding hydrogens is 362 g/mol. The largest absolute Gasteiger partial charge is 0.508 e. The van der Waals surface area contributed by atoms with Crippen molar-refractivity contribution in [3.63, 3.8) is 0 Å². The van der Waals surface area contributed by atoms with Crippen LogP contribution in [0, 0.1) is 0 Å². The number of hydrogen-bond acceptors (Lipinski definition) is 4. The molecule has 4 nitrogen and oxygen atoms in total. The van der Waals surface area contributed by atoms with Gasteiger partial charge in [-0.05, 0) is 58.3 Å². The molecule has 0 bridgehead atoms. The molecular formula is C25H19NO3. The van der Waals surface area contributed by atoms with Crippen molar-refractivity contribution in [1.82, 2.24) is 4.98 Å². The number of phenols is 2. The van der Waals surface area contributed by atoms with Gasteiger partial charge in [-0.1, -0.05) is 49.4 Å². The molecule has 1 heterocycles. The van der Waals surface area contributed by atoms with Crippen LogP contribution in [0.2, 0.25) is 0 Å². The van der Waals surface area contributed by atoms with Gasteiger partial charge in [-0.25, -0.2) is 4.98 Å². The fraction of sp³-hybridized carbons (Fsp3) is 0.0800. The van der Waals surface area contributed by atoms with E-state index in [0.717, 1.165) is 27.4 Å². The van der Waals surface area contributed by atoms with Gasteiger partial charge in [0.05, 0.1) is 5.56 Å². The van der Waals surface area contributed by atoms with E-state index in [1.807, 2.05) is 60.7 Å². The molecule has 0 amide bonds. The summed E-state index contributed by atoms with van der Waals surface area (Å²) < 4.78 is 6.00. The second kappa shape index (κ2) is 6.67. The molecule has 2 N–H and O–H groups in total. The van der Waals surface area contributed by atoms with Gasteiger partial charge in [-0.2, -0.15) is 0 Å². The van der Waals surface area contributed by atoms with E-state index in [4.69, 9.17) is 4.42 Å². The molecule has 142 valence electrons. The van der Waals surface area contributed by atoms with E-state index in [1.54, 1.807) is 18.2 Å². The summed E-state index contributed by atoms with van der Waals surface area (Å²) in [6, 6.07) is 24.7. The summed E-state index contributed by atoms with van der Waals surface area (Å²) >= 11 is 0. The topological polar surface area (TPSA) is 66.5 Å². The molecule has 1 aromatic heterocycles. The first-order chi connectivity index (χ1) is 14.1. The Balaban J connectivity index is 1.59. The van der Waals surface area contributed by atoms with Crippen molar-refractivity contribution >= 4 is 21.9 Å². The summed E-state index contributed by atoms with van der Waals surface area (Å²) in [5, 5.41) is 22.2. The zero-order valence-electron chi connectivity index (χ0n) is 15.8. The summed E-state index contributed by atoms with van der Waals surface area (Å²) in [5.74, 6) is 0.850. The number of aromatic nitrogens is 1. The number of aromatic hydroxyl groups is 2. The van der Waals surface area contributed by atoms with Gasteiger partial charge in [0.1, 0.15) is 17.0 Å². The molecule has 0 saturated carbocycles. The van der Waals surface area contributed by atoms with Crippen molar-refractivity contribution in [2.75, 3.05) is 0 Å². The Labute approximate surface area is 167 Å². The summed E-state index contributed by atoms with van der Waals surface area (Å²) in [4.78, 5) is 4.62. The molecule has 4 heteroatoms. The van der Waals surface area contributed by atoms with Crippen LogP contribution in [0.25, 0.3) is 33.3 Å². The number of phenolic OH excluding ortho intramolecular Hbond substituents is 2. The van der Waals surface area contributed by atoms with Crippen LogP contribution in [0.1, 0.15) is 24.0 Å². The van der Waals surface area contributed by atoms with Gasteiger partial charge in [-0.3, -0.25) is 0 Å². The quantitative estimate of drug-likeness (QED) is 0.390. The molecule has 0 aliphatic heterocycles. The first kappa shape index (κ1) is 17.3. The lowest BCUT2D eigenvalue weighted by Gasteiger charge is -2.14. The second-order valence-corrected chi connectivity index (χ2v) is 7.28. The Morgan fingerprint density at radius 2 is 1.48 bits per heavy atom. The highest BCUT2D eigenvalue weighted by atomic mass is 16.3. The van der Waals surface area contributed by atoms with Crippen LogP contribution in [-0.4, -0.2) is 15.2 Å². The van der Waals surface area contributed by atoms with Crippen LogP contribution in [0.15, 0.2) is 83.3 Å². The Kier molecular flexibility index (Phi) is 3.98. The number of oxazole rings is 1. The van der Waals surface area contributed by atoms with Gasteiger partial charge in [0.25, 0.3) is 0 Å². The maximum absolute atomic E-state index is 10.5. The van der Waals surface area contributed by atoms with Gasteiger partial charge in [0.15, 0.2) is 5.58 Å². The van der Waals surface area contributed by atoms with Crippen molar-refractivity contribution in [1.29, 1.82) is 0 Å². The van der Waals surface area contributed by atoms with Crippen LogP contribution < -0.4 is 0 Å². The lowest BCUT2D eigenvalue weighted by atomic mass is 9.92. The van der Waals surface area contributed by atoms with Gasteiger partial charge in [0, 0.05) is 5.92 Å². The molecule has 29 heavy (non-hydrogen) atoms. The van der Waals surface area contributed by atoms with E-state index in [1.165, 1.54) is 0 Å². The second-order valence-electron chi connectivity index (χ2n) is 7.28. The first-order valence-corrected chi connectivity index (χ1v) is 9.50. The minimum atomic E-state index is 0.0851. The number of fused-ring (bicyclic) bond motifs is 2. The third-order valence-corrected chi connectivity index (χ3v) is 5.40. The Morgan fingerprint density at radius 3 is 2.24 bits per heavy atom. The van der Waals surface area contributed by atoms with Crippen LogP contribution in [0.3, 0.4) is 0 Å². The smallest absolute Gasteiger partial charge is 0.231 e. The molecule has 0 fully saturated rings. The third kappa shape index (κ3) is 3.09. The van der Waals surface area contributed by atoms with E-state index < -0.39 is 0 Å². The molecule has 0 spiro atoms. The molecule has 1 atom stereocenters. The van der Waals surface area contributed by atoms with Gasteiger partial charge < -0.3 is 14.6 Å². The van der Waals surface area contributed by atoms with E-state index in [0.29, 0.717) is 17.0 Å². The predicted molar refractivity (Wildman–Crippen MR) is 114 cm³/mol. The van der Waals surface area contributed by atoms with Crippen molar-refractivity contribution in [2.45, 2.75) is 12.8 Å². The maximum Gasteiger partial charge on any atom is 0.231 e. The zero-order valence-corrected chi connectivity index (χ0v) is 15.8. The monoisotopic (exact) mass is 381 g/mol. The highest BCUT2D eigenvalue weighted by molar-refractivity contribution is 5.95. The van der Waals surface area contributed by atoms with Crippen LogP contribution in [-0.2, 0) is 0 Å². The van der Waals surface area contributed by atoms with Gasteiger partial charge >= 0.3 is 0 Å². The van der Waals surface area contributed by atoms with Crippen molar-refractivity contribution in [3.05, 3.63) is 90.0 Å². The third-order valence-electron chi connectivity index (χ3n) is 5.40. The average molecular weight is 381 g/mol. The van der Waals surface area contributed by atoms with Crippen LogP contribution in [0.4, 0.5) is 0 Å². The Morgan fingerprint density at radius 1 is 0.793 bits per heavy atom.